The Hall–Kier alpha value is -2.69. The number of hydrogen-bond acceptors (Lipinski definition) is 4. The summed E-state index contributed by atoms with van der Waals surface area (Å²) < 4.78 is 10.9. The predicted octanol–water partition coefficient (Wildman–Crippen LogP) is 3.93. The molecule has 0 radical (unpaired) electrons. The lowest BCUT2D eigenvalue weighted by Crippen LogP contribution is -2.17. The molecule has 0 aromatic heterocycles. The number of phenolic OH excluding ortho intramolecular Hbond substituents is 1. The van der Waals surface area contributed by atoms with Crippen molar-refractivity contribution in [2.75, 3.05) is 18.5 Å². The number of carbonyl (C=O) groups excluding carboxylic acids is 1. The number of carbonyl (C=O) groups is 1. The quantitative estimate of drug-likeness (QED) is 0.835. The SMILES string of the molecule is CCC(C)c1ccc(NC(=O)c2ccc3c(c2)OCCO3)c(O)c1. The van der Waals surface area contributed by atoms with Gasteiger partial charge in [0.15, 0.2) is 11.5 Å². The second kappa shape index (κ2) is 6.83. The van der Waals surface area contributed by atoms with Crippen LogP contribution in [0.15, 0.2) is 36.4 Å². The Labute approximate surface area is 141 Å². The maximum absolute atomic E-state index is 12.4. The van der Waals surface area contributed by atoms with E-state index in [9.17, 15) is 9.90 Å². The summed E-state index contributed by atoms with van der Waals surface area (Å²) in [4.78, 5) is 12.4. The van der Waals surface area contributed by atoms with Crippen LogP contribution in [0.1, 0.15) is 42.1 Å². The van der Waals surface area contributed by atoms with Crippen LogP contribution in [0.2, 0.25) is 0 Å². The van der Waals surface area contributed by atoms with Gasteiger partial charge in [0.25, 0.3) is 5.91 Å². The minimum Gasteiger partial charge on any atom is -0.506 e. The molecule has 24 heavy (non-hydrogen) atoms. The Bertz CT molecular complexity index is 757. The van der Waals surface area contributed by atoms with E-state index in [0.717, 1.165) is 12.0 Å². The number of aromatic hydroxyl groups is 1. The zero-order chi connectivity index (χ0) is 17.1. The lowest BCUT2D eigenvalue weighted by molar-refractivity contribution is 0.102. The molecular formula is C19H21NO4. The lowest BCUT2D eigenvalue weighted by Gasteiger charge is -2.18. The van der Waals surface area contributed by atoms with Gasteiger partial charge in [-0.25, -0.2) is 0 Å². The summed E-state index contributed by atoms with van der Waals surface area (Å²) in [6, 6.07) is 10.4. The molecule has 1 unspecified atom stereocenters. The number of hydrogen-bond donors (Lipinski definition) is 2. The van der Waals surface area contributed by atoms with Crippen LogP contribution >= 0.6 is 0 Å². The maximum Gasteiger partial charge on any atom is 0.255 e. The van der Waals surface area contributed by atoms with Crippen molar-refractivity contribution in [3.05, 3.63) is 47.5 Å². The van der Waals surface area contributed by atoms with Crippen molar-refractivity contribution in [1.29, 1.82) is 0 Å². The second-order valence-corrected chi connectivity index (χ2v) is 5.90. The number of anilines is 1. The summed E-state index contributed by atoms with van der Waals surface area (Å²) in [5.41, 5.74) is 1.89. The van der Waals surface area contributed by atoms with Crippen LogP contribution in [-0.2, 0) is 0 Å². The molecule has 0 spiro atoms. The summed E-state index contributed by atoms with van der Waals surface area (Å²) in [6.45, 7) is 5.17. The lowest BCUT2D eigenvalue weighted by atomic mass is 9.98. The van der Waals surface area contributed by atoms with Crippen LogP contribution in [-0.4, -0.2) is 24.2 Å². The van der Waals surface area contributed by atoms with Gasteiger partial charge < -0.3 is 19.9 Å². The zero-order valence-electron chi connectivity index (χ0n) is 13.8. The summed E-state index contributed by atoms with van der Waals surface area (Å²) in [5, 5.41) is 12.9. The highest BCUT2D eigenvalue weighted by molar-refractivity contribution is 6.05. The zero-order valence-corrected chi connectivity index (χ0v) is 13.8. The number of amides is 1. The van der Waals surface area contributed by atoms with Crippen molar-refractivity contribution in [3.63, 3.8) is 0 Å². The van der Waals surface area contributed by atoms with Gasteiger partial charge in [0.2, 0.25) is 0 Å². The van der Waals surface area contributed by atoms with Gasteiger partial charge in [0, 0.05) is 5.56 Å². The van der Waals surface area contributed by atoms with E-state index in [1.165, 1.54) is 0 Å². The molecule has 3 rings (SSSR count). The summed E-state index contributed by atoms with van der Waals surface area (Å²) >= 11 is 0. The molecular weight excluding hydrogens is 306 g/mol. The molecule has 2 aromatic carbocycles. The van der Waals surface area contributed by atoms with E-state index in [4.69, 9.17) is 9.47 Å². The van der Waals surface area contributed by atoms with Crippen molar-refractivity contribution in [3.8, 4) is 17.2 Å². The average Bonchev–Trinajstić information content (AvgIpc) is 2.62. The highest BCUT2D eigenvalue weighted by Crippen LogP contribution is 2.32. The molecule has 2 N–H and O–H groups in total. The van der Waals surface area contributed by atoms with Gasteiger partial charge in [-0.2, -0.15) is 0 Å². The first-order valence-corrected chi connectivity index (χ1v) is 8.12. The second-order valence-electron chi connectivity index (χ2n) is 5.90. The van der Waals surface area contributed by atoms with E-state index in [2.05, 4.69) is 19.2 Å². The molecule has 2 aromatic rings. The first kappa shape index (κ1) is 16.2. The number of nitrogens with one attached hydrogen (secondary N) is 1. The van der Waals surface area contributed by atoms with Gasteiger partial charge in [-0.1, -0.05) is 19.9 Å². The Morgan fingerprint density at radius 2 is 1.92 bits per heavy atom. The molecule has 1 amide bonds. The third-order valence-corrected chi connectivity index (χ3v) is 4.26. The van der Waals surface area contributed by atoms with Crippen molar-refractivity contribution < 1.29 is 19.4 Å². The Morgan fingerprint density at radius 1 is 1.17 bits per heavy atom. The standard InChI is InChI=1S/C19H21NO4/c1-3-12(2)13-4-6-15(16(21)10-13)20-19(22)14-5-7-17-18(11-14)24-9-8-23-17/h4-7,10-12,21H,3,8-9H2,1-2H3,(H,20,22). The average molecular weight is 327 g/mol. The molecule has 0 fully saturated rings. The fourth-order valence-corrected chi connectivity index (χ4v) is 2.58. The number of fused-ring (bicyclic) bond motifs is 1. The molecule has 0 saturated heterocycles. The first-order chi connectivity index (χ1) is 11.6. The number of rotatable bonds is 4. The minimum absolute atomic E-state index is 0.0682. The van der Waals surface area contributed by atoms with Crippen molar-refractivity contribution in [1.82, 2.24) is 0 Å². The normalized spacial score (nSPS) is 14.1. The fourth-order valence-electron chi connectivity index (χ4n) is 2.58. The molecule has 0 aliphatic carbocycles. The smallest absolute Gasteiger partial charge is 0.255 e. The third-order valence-electron chi connectivity index (χ3n) is 4.26. The van der Waals surface area contributed by atoms with E-state index < -0.39 is 0 Å². The molecule has 5 heteroatoms. The van der Waals surface area contributed by atoms with Crippen LogP contribution in [0.25, 0.3) is 0 Å². The summed E-state index contributed by atoms with van der Waals surface area (Å²) in [5.74, 6) is 1.32. The van der Waals surface area contributed by atoms with E-state index in [-0.39, 0.29) is 11.7 Å². The summed E-state index contributed by atoms with van der Waals surface area (Å²) in [6.07, 6.45) is 0.988. The van der Waals surface area contributed by atoms with Gasteiger partial charge in [-0.05, 0) is 48.2 Å². The van der Waals surface area contributed by atoms with E-state index >= 15 is 0 Å². The third kappa shape index (κ3) is 3.30. The topological polar surface area (TPSA) is 67.8 Å². The highest BCUT2D eigenvalue weighted by atomic mass is 16.6. The molecule has 0 bridgehead atoms. The highest BCUT2D eigenvalue weighted by Gasteiger charge is 2.16. The van der Waals surface area contributed by atoms with Crippen LogP contribution in [0.5, 0.6) is 17.2 Å². The van der Waals surface area contributed by atoms with Crippen LogP contribution in [0.3, 0.4) is 0 Å². The molecule has 126 valence electrons. The Balaban J connectivity index is 1.77. The van der Waals surface area contributed by atoms with Crippen molar-refractivity contribution in [2.45, 2.75) is 26.2 Å². The largest absolute Gasteiger partial charge is 0.506 e. The fraction of sp³-hybridized carbons (Fsp3) is 0.316. The van der Waals surface area contributed by atoms with Crippen molar-refractivity contribution in [2.24, 2.45) is 0 Å². The summed E-state index contributed by atoms with van der Waals surface area (Å²) in [7, 11) is 0. The van der Waals surface area contributed by atoms with E-state index in [1.807, 2.05) is 6.07 Å². The van der Waals surface area contributed by atoms with Gasteiger partial charge in [-0.15, -0.1) is 0 Å². The number of phenols is 1. The Morgan fingerprint density at radius 3 is 2.62 bits per heavy atom. The molecule has 1 atom stereocenters. The molecule has 1 aliphatic heterocycles. The van der Waals surface area contributed by atoms with Crippen LogP contribution < -0.4 is 14.8 Å². The molecule has 5 nitrogen and oxygen atoms in total. The predicted molar refractivity (Wildman–Crippen MR) is 92.2 cm³/mol. The monoisotopic (exact) mass is 327 g/mol. The Kier molecular flexibility index (Phi) is 4.60. The van der Waals surface area contributed by atoms with Crippen LogP contribution in [0.4, 0.5) is 5.69 Å². The maximum atomic E-state index is 12.4. The van der Waals surface area contributed by atoms with Gasteiger partial charge in [0.05, 0.1) is 5.69 Å². The van der Waals surface area contributed by atoms with Gasteiger partial charge in [0.1, 0.15) is 19.0 Å². The molecule has 0 saturated carbocycles. The first-order valence-electron chi connectivity index (χ1n) is 8.12. The molecule has 1 heterocycles. The molecule has 1 aliphatic rings. The van der Waals surface area contributed by atoms with Crippen molar-refractivity contribution >= 4 is 11.6 Å². The number of ether oxygens (including phenoxy) is 2. The van der Waals surface area contributed by atoms with E-state index in [1.54, 1.807) is 30.3 Å². The van der Waals surface area contributed by atoms with E-state index in [0.29, 0.717) is 41.9 Å². The van der Waals surface area contributed by atoms with Gasteiger partial charge >= 0.3 is 0 Å². The number of benzene rings is 2. The van der Waals surface area contributed by atoms with Gasteiger partial charge in [-0.3, -0.25) is 4.79 Å². The van der Waals surface area contributed by atoms with Crippen LogP contribution in [0, 0.1) is 0 Å². The minimum atomic E-state index is -0.307.